The molecule has 0 saturated carbocycles. The molecule has 322 valence electrons. The maximum atomic E-state index is 13.8. The third kappa shape index (κ3) is 15.9. The van der Waals surface area contributed by atoms with Crippen molar-refractivity contribution in [3.05, 3.63) is 48.0 Å². The van der Waals surface area contributed by atoms with Crippen LogP contribution in [0.4, 0.5) is 0 Å². The number of nitrogens with two attached hydrogens (primary N) is 2. The van der Waals surface area contributed by atoms with Crippen molar-refractivity contribution in [3.8, 4) is 5.75 Å². The molecule has 1 fully saturated rings. The number of aromatic nitrogens is 2. The van der Waals surface area contributed by atoms with Gasteiger partial charge in [0.15, 0.2) is 5.96 Å². The molecule has 0 aliphatic carbocycles. The number of amides is 7. The molecule has 1 aromatic heterocycles. The van der Waals surface area contributed by atoms with Gasteiger partial charge in [0.1, 0.15) is 36.0 Å². The van der Waals surface area contributed by atoms with E-state index in [1.807, 2.05) is 0 Å². The van der Waals surface area contributed by atoms with Crippen molar-refractivity contribution in [2.24, 2.45) is 16.5 Å². The van der Waals surface area contributed by atoms with Crippen LogP contribution in [0.3, 0.4) is 0 Å². The number of H-pyrrole nitrogens is 1. The summed E-state index contributed by atoms with van der Waals surface area (Å²) < 4.78 is 0. The lowest BCUT2D eigenvalue weighted by atomic mass is 10.0. The summed E-state index contributed by atoms with van der Waals surface area (Å²) >= 11 is 0. The van der Waals surface area contributed by atoms with E-state index in [9.17, 15) is 48.6 Å². The normalized spacial score (nSPS) is 15.4. The van der Waals surface area contributed by atoms with Gasteiger partial charge in [-0.15, -0.1) is 0 Å². The minimum Gasteiger partial charge on any atom is -0.508 e. The molecule has 1 aliphatic rings. The number of nitrogens with zero attached hydrogens (tertiary/aromatic N) is 3. The molecule has 23 heteroatoms. The number of nitrogens with one attached hydrogen (secondary N) is 8. The van der Waals surface area contributed by atoms with Crippen molar-refractivity contribution in [1.29, 1.82) is 0 Å². The lowest BCUT2D eigenvalue weighted by molar-refractivity contribution is -0.144. The summed E-state index contributed by atoms with van der Waals surface area (Å²) in [6.45, 7) is 0.357. The number of aliphatic imine (C=N–C) groups is 1. The Morgan fingerprint density at radius 2 is 1.49 bits per heavy atom. The predicted molar refractivity (Wildman–Crippen MR) is 210 cm³/mol. The zero-order valence-corrected chi connectivity index (χ0v) is 32.8. The average Bonchev–Trinajstić information content (AvgIpc) is 3.90. The second-order valence-corrected chi connectivity index (χ2v) is 13.7. The first-order valence-electron chi connectivity index (χ1n) is 18.8. The molecular weight excluding hydrogens is 774 g/mol. The number of hydrogen-bond donors (Lipinski definition) is 12. The molecule has 7 amide bonds. The largest absolute Gasteiger partial charge is 0.508 e. The minimum absolute atomic E-state index is 0.0391. The second kappa shape index (κ2) is 23.5. The number of rotatable bonds is 23. The molecule has 0 bridgehead atoms. The second-order valence-electron chi connectivity index (χ2n) is 13.7. The Hall–Kier alpha value is -6.78. The molecule has 14 N–H and O–H groups in total. The van der Waals surface area contributed by atoms with E-state index in [0.29, 0.717) is 24.1 Å². The maximum Gasteiger partial charge on any atom is 0.325 e. The number of benzene rings is 1. The highest BCUT2D eigenvalue weighted by Gasteiger charge is 2.38. The van der Waals surface area contributed by atoms with Crippen molar-refractivity contribution in [1.82, 2.24) is 52.1 Å². The quantitative estimate of drug-likeness (QED) is 0.0285. The standard InChI is InChI=1S/C36H53N13O10/c1-20(35(58)59)45-33(56)27-6-4-12-49(27)34(57)26(14-22-15-40-19-44-22)48-30(53)18-43-32(55)25(13-21-7-9-23(50)10-8-21)47-29(52)17-42-31(54)24(46-28(51)16-39-2)5-3-11-41-36(37)38/h7-10,15,19-20,24-27,39,50H,3-6,11-14,16-18H2,1-2H3,(H,40,44)(H,42,54)(H,43,55)(H,45,56)(H,46,51)(H,47,52)(H,48,53)(H,58,59)(H4,37,38,41)/t20-,24+,25+,26+,27+/m1/s1. The van der Waals surface area contributed by atoms with Gasteiger partial charge >= 0.3 is 5.97 Å². The average molecular weight is 828 g/mol. The maximum absolute atomic E-state index is 13.8. The minimum atomic E-state index is -1.29. The molecule has 5 atom stereocenters. The smallest absolute Gasteiger partial charge is 0.325 e. The summed E-state index contributed by atoms with van der Waals surface area (Å²) in [7, 11) is 1.55. The van der Waals surface area contributed by atoms with E-state index in [1.54, 1.807) is 7.05 Å². The first kappa shape index (κ1) is 46.6. The van der Waals surface area contributed by atoms with E-state index >= 15 is 0 Å². The van der Waals surface area contributed by atoms with E-state index in [-0.39, 0.29) is 57.0 Å². The van der Waals surface area contributed by atoms with E-state index in [1.165, 1.54) is 48.6 Å². The fourth-order valence-electron chi connectivity index (χ4n) is 6.02. The van der Waals surface area contributed by atoms with Crippen LogP contribution in [0.15, 0.2) is 41.8 Å². The van der Waals surface area contributed by atoms with Crippen LogP contribution in [0.5, 0.6) is 5.75 Å². The number of aromatic amines is 1. The van der Waals surface area contributed by atoms with Gasteiger partial charge in [0.25, 0.3) is 0 Å². The molecule has 1 saturated heterocycles. The molecule has 0 radical (unpaired) electrons. The van der Waals surface area contributed by atoms with Crippen LogP contribution in [-0.4, -0.2) is 148 Å². The molecule has 3 rings (SSSR count). The van der Waals surface area contributed by atoms with Crippen LogP contribution >= 0.6 is 0 Å². The fraction of sp³-hybridized carbons (Fsp3) is 0.500. The van der Waals surface area contributed by atoms with Gasteiger partial charge in [0.2, 0.25) is 41.4 Å². The monoisotopic (exact) mass is 827 g/mol. The van der Waals surface area contributed by atoms with Crippen LogP contribution in [0.2, 0.25) is 0 Å². The number of carboxylic acid groups (broad SMARTS) is 1. The topological polar surface area (TPSA) is 358 Å². The van der Waals surface area contributed by atoms with Gasteiger partial charge in [-0.05, 0) is 57.4 Å². The number of carbonyl (C=O) groups is 8. The van der Waals surface area contributed by atoms with Crippen molar-refractivity contribution in [3.63, 3.8) is 0 Å². The lowest BCUT2D eigenvalue weighted by Crippen LogP contribution is -2.57. The SMILES string of the molecule is CNCC(=O)N[C@@H](CCCN=C(N)N)C(=O)NCC(=O)N[C@@H](Cc1ccc(O)cc1)C(=O)NCC(=O)N[C@@H](Cc1cnc[nH]1)C(=O)N1CCC[C@H]1C(=O)N[C@H](C)C(=O)O. The summed E-state index contributed by atoms with van der Waals surface area (Å²) in [5.74, 6) is -6.21. The Kier molecular flexibility index (Phi) is 18.5. The molecule has 2 heterocycles. The van der Waals surface area contributed by atoms with Crippen molar-refractivity contribution >= 4 is 53.3 Å². The lowest BCUT2D eigenvalue weighted by Gasteiger charge is -2.29. The number of hydrogen-bond acceptors (Lipinski definition) is 12. The predicted octanol–water partition coefficient (Wildman–Crippen LogP) is -4.56. The van der Waals surface area contributed by atoms with E-state index in [4.69, 9.17) is 11.5 Å². The summed E-state index contributed by atoms with van der Waals surface area (Å²) in [5, 5.41) is 36.6. The van der Waals surface area contributed by atoms with Crippen molar-refractivity contribution in [2.75, 3.05) is 39.8 Å². The molecule has 0 unspecified atom stereocenters. The number of carbonyl (C=O) groups excluding carboxylic acids is 7. The fourth-order valence-corrected chi connectivity index (χ4v) is 6.02. The first-order chi connectivity index (χ1) is 28.1. The van der Waals surface area contributed by atoms with Crippen LogP contribution in [0, 0.1) is 0 Å². The van der Waals surface area contributed by atoms with Gasteiger partial charge in [-0.3, -0.25) is 43.3 Å². The summed E-state index contributed by atoms with van der Waals surface area (Å²) in [6, 6.07) is 0.0963. The van der Waals surface area contributed by atoms with Gasteiger partial charge in [0.05, 0.1) is 26.0 Å². The van der Waals surface area contributed by atoms with Crippen LogP contribution in [0.1, 0.15) is 43.9 Å². The van der Waals surface area contributed by atoms with E-state index < -0.39 is 90.6 Å². The number of likely N-dealkylation sites (N-methyl/N-ethyl adjacent to an activating group) is 1. The van der Waals surface area contributed by atoms with Gasteiger partial charge in [-0.25, -0.2) is 4.98 Å². The van der Waals surface area contributed by atoms with Gasteiger partial charge < -0.3 is 68.8 Å². The van der Waals surface area contributed by atoms with Crippen molar-refractivity contribution < 1.29 is 48.6 Å². The molecular formula is C36H53N13O10. The third-order valence-electron chi connectivity index (χ3n) is 8.99. The molecule has 23 nitrogen and oxygen atoms in total. The number of phenols is 1. The number of guanidine groups is 1. The Balaban J connectivity index is 1.68. The molecule has 1 aliphatic heterocycles. The Morgan fingerprint density at radius 1 is 0.881 bits per heavy atom. The van der Waals surface area contributed by atoms with Crippen LogP contribution in [-0.2, 0) is 51.2 Å². The summed E-state index contributed by atoms with van der Waals surface area (Å²) in [6.07, 6.45) is 3.87. The summed E-state index contributed by atoms with van der Waals surface area (Å²) in [4.78, 5) is 115. The van der Waals surface area contributed by atoms with Crippen LogP contribution < -0.4 is 48.7 Å². The third-order valence-corrected chi connectivity index (χ3v) is 8.99. The zero-order chi connectivity index (χ0) is 43.5. The highest BCUT2D eigenvalue weighted by atomic mass is 16.4. The first-order valence-corrected chi connectivity index (χ1v) is 18.8. The molecule has 59 heavy (non-hydrogen) atoms. The highest BCUT2D eigenvalue weighted by molar-refractivity contribution is 5.96. The number of likely N-dealkylation sites (tertiary alicyclic amines) is 1. The number of aromatic hydroxyl groups is 1. The Labute approximate surface area is 339 Å². The van der Waals surface area contributed by atoms with Gasteiger partial charge in [-0.1, -0.05) is 12.1 Å². The highest BCUT2D eigenvalue weighted by Crippen LogP contribution is 2.20. The van der Waals surface area contributed by atoms with E-state index in [2.05, 4.69) is 52.2 Å². The number of aliphatic carboxylic acids is 1. The van der Waals surface area contributed by atoms with Crippen LogP contribution in [0.25, 0.3) is 0 Å². The zero-order valence-electron chi connectivity index (χ0n) is 32.8. The van der Waals surface area contributed by atoms with Gasteiger partial charge in [0, 0.05) is 37.8 Å². The molecule has 2 aromatic rings. The van der Waals surface area contributed by atoms with Crippen molar-refractivity contribution in [2.45, 2.75) is 75.7 Å². The molecule has 0 spiro atoms. The molecule has 1 aromatic carbocycles. The van der Waals surface area contributed by atoms with Gasteiger partial charge in [-0.2, -0.15) is 0 Å². The number of imidazole rings is 1. The Morgan fingerprint density at radius 3 is 2.08 bits per heavy atom. The number of carboxylic acids is 1. The number of phenolic OH excluding ortho intramolecular Hbond substituents is 1. The van der Waals surface area contributed by atoms with E-state index in [0.717, 1.165) is 0 Å². The Bertz CT molecular complexity index is 1800. The summed E-state index contributed by atoms with van der Waals surface area (Å²) in [5.41, 5.74) is 11.7.